The van der Waals surface area contributed by atoms with E-state index in [0.717, 1.165) is 35.5 Å². The number of aryl methyl sites for hydroxylation is 3. The van der Waals surface area contributed by atoms with Crippen molar-refractivity contribution in [2.75, 3.05) is 19.8 Å². The van der Waals surface area contributed by atoms with Crippen molar-refractivity contribution in [3.63, 3.8) is 0 Å². The molecule has 3 rings (SSSR count). The monoisotopic (exact) mass is 344 g/mol. The molecule has 1 atom stereocenters. The molecular weight excluding hydrogens is 320 g/mol. The zero-order valence-corrected chi connectivity index (χ0v) is 14.9. The Morgan fingerprint density at radius 1 is 1.40 bits per heavy atom. The Balaban J connectivity index is 1.95. The summed E-state index contributed by atoms with van der Waals surface area (Å²) < 4.78 is 5.61. The zero-order valence-electron chi connectivity index (χ0n) is 14.9. The van der Waals surface area contributed by atoms with Crippen LogP contribution in [0.2, 0.25) is 0 Å². The van der Waals surface area contributed by atoms with Crippen LogP contribution in [0.15, 0.2) is 16.9 Å². The number of morpholine rings is 1. The van der Waals surface area contributed by atoms with Crippen molar-refractivity contribution in [3.8, 4) is 0 Å². The van der Waals surface area contributed by atoms with Gasteiger partial charge in [-0.2, -0.15) is 5.10 Å². The average molecular weight is 344 g/mol. The van der Waals surface area contributed by atoms with Gasteiger partial charge in [0.15, 0.2) is 0 Å². The fourth-order valence-electron chi connectivity index (χ4n) is 3.43. The summed E-state index contributed by atoms with van der Waals surface area (Å²) in [5.74, 6) is -0.142. The van der Waals surface area contributed by atoms with Crippen LogP contribution in [0.3, 0.4) is 0 Å². The quantitative estimate of drug-likeness (QED) is 0.886. The molecule has 2 aromatic heterocycles. The van der Waals surface area contributed by atoms with Gasteiger partial charge in [-0.25, -0.2) is 0 Å². The van der Waals surface area contributed by atoms with Gasteiger partial charge in [-0.1, -0.05) is 13.3 Å². The van der Waals surface area contributed by atoms with Gasteiger partial charge in [-0.15, -0.1) is 0 Å². The van der Waals surface area contributed by atoms with E-state index in [1.54, 1.807) is 11.0 Å². The van der Waals surface area contributed by atoms with Gasteiger partial charge in [-0.05, 0) is 26.3 Å². The number of rotatable bonds is 4. The molecule has 1 fully saturated rings. The largest absolute Gasteiger partial charge is 0.377 e. The molecule has 0 spiro atoms. The highest BCUT2D eigenvalue weighted by Crippen LogP contribution is 2.29. The van der Waals surface area contributed by atoms with Gasteiger partial charge < -0.3 is 14.6 Å². The normalized spacial score (nSPS) is 17.7. The number of pyridine rings is 1. The van der Waals surface area contributed by atoms with Crippen molar-refractivity contribution in [2.45, 2.75) is 39.7 Å². The lowest BCUT2D eigenvalue weighted by Crippen LogP contribution is -2.44. The molecule has 1 saturated heterocycles. The molecule has 1 amide bonds. The Bertz CT molecular complexity index is 804. The zero-order chi connectivity index (χ0) is 18.0. The molecule has 0 bridgehead atoms. The molecule has 7 heteroatoms. The third-order valence-corrected chi connectivity index (χ3v) is 4.57. The smallest absolute Gasteiger partial charge is 0.254 e. The highest BCUT2D eigenvalue weighted by atomic mass is 16.5. The molecule has 0 aromatic carbocycles. The molecule has 0 radical (unpaired) electrons. The van der Waals surface area contributed by atoms with Gasteiger partial charge in [0.05, 0.1) is 24.9 Å². The molecule has 3 heterocycles. The molecule has 2 N–H and O–H groups in total. The molecule has 25 heavy (non-hydrogen) atoms. The first-order valence-electron chi connectivity index (χ1n) is 8.64. The fourth-order valence-corrected chi connectivity index (χ4v) is 3.43. The Hall–Kier alpha value is -2.41. The van der Waals surface area contributed by atoms with Gasteiger partial charge >= 0.3 is 0 Å². The number of nitrogens with zero attached hydrogens (tertiary/aromatic N) is 2. The topological polar surface area (TPSA) is 91.1 Å². The van der Waals surface area contributed by atoms with Crippen molar-refractivity contribution in [1.29, 1.82) is 0 Å². The molecule has 1 unspecified atom stereocenters. The van der Waals surface area contributed by atoms with E-state index in [1.807, 2.05) is 20.8 Å². The maximum Gasteiger partial charge on any atom is 0.254 e. The van der Waals surface area contributed by atoms with E-state index in [4.69, 9.17) is 4.74 Å². The lowest BCUT2D eigenvalue weighted by molar-refractivity contribution is -0.00303. The van der Waals surface area contributed by atoms with E-state index in [1.165, 1.54) is 6.07 Å². The van der Waals surface area contributed by atoms with E-state index in [9.17, 15) is 9.59 Å². The van der Waals surface area contributed by atoms with E-state index < -0.39 is 0 Å². The molecule has 2 aromatic rings. The van der Waals surface area contributed by atoms with Gasteiger partial charge in [0.1, 0.15) is 0 Å². The lowest BCUT2D eigenvalue weighted by Gasteiger charge is -2.36. The fraction of sp³-hybridized carbons (Fsp3) is 0.500. The predicted molar refractivity (Wildman–Crippen MR) is 93.7 cm³/mol. The summed E-state index contributed by atoms with van der Waals surface area (Å²) in [6.07, 6.45) is 1.64. The molecule has 0 saturated carbocycles. The number of H-pyrrole nitrogens is 2. The molecule has 0 aliphatic carbocycles. The highest BCUT2D eigenvalue weighted by Gasteiger charge is 2.32. The van der Waals surface area contributed by atoms with Crippen LogP contribution >= 0.6 is 0 Å². The molecular formula is C18H24N4O3. The summed E-state index contributed by atoms with van der Waals surface area (Å²) in [5.41, 5.74) is 3.77. The SMILES string of the molecule is CCCc1cc(C(=O)N2CCOCC2c2c(C)n[nH]c2C)cc(=O)[nH]1. The van der Waals surface area contributed by atoms with Crippen LogP contribution in [0.4, 0.5) is 0 Å². The van der Waals surface area contributed by atoms with Crippen LogP contribution in [0.1, 0.15) is 52.4 Å². The molecule has 1 aliphatic heterocycles. The van der Waals surface area contributed by atoms with Crippen molar-refractivity contribution < 1.29 is 9.53 Å². The summed E-state index contributed by atoms with van der Waals surface area (Å²) in [6, 6.07) is 2.96. The number of nitrogens with one attached hydrogen (secondary N) is 2. The number of carbonyl (C=O) groups excluding carboxylic acids is 1. The third kappa shape index (κ3) is 3.51. The maximum atomic E-state index is 13.1. The summed E-state index contributed by atoms with van der Waals surface area (Å²) in [4.78, 5) is 29.6. The first kappa shape index (κ1) is 17.4. The minimum Gasteiger partial charge on any atom is -0.377 e. The number of aromatic nitrogens is 3. The number of ether oxygens (including phenoxy) is 1. The van der Waals surface area contributed by atoms with Crippen molar-refractivity contribution in [2.24, 2.45) is 0 Å². The van der Waals surface area contributed by atoms with Crippen LogP contribution in [0.25, 0.3) is 0 Å². The summed E-state index contributed by atoms with van der Waals surface area (Å²) in [7, 11) is 0. The van der Waals surface area contributed by atoms with Crippen LogP contribution in [0, 0.1) is 13.8 Å². The Kier molecular flexibility index (Phi) is 5.03. The van der Waals surface area contributed by atoms with Crippen LogP contribution in [-0.2, 0) is 11.2 Å². The number of carbonyl (C=O) groups is 1. The van der Waals surface area contributed by atoms with Gasteiger partial charge in [0, 0.05) is 35.1 Å². The Morgan fingerprint density at radius 3 is 2.88 bits per heavy atom. The van der Waals surface area contributed by atoms with E-state index in [-0.39, 0.29) is 17.5 Å². The van der Waals surface area contributed by atoms with Crippen LogP contribution < -0.4 is 5.56 Å². The second-order valence-electron chi connectivity index (χ2n) is 6.45. The predicted octanol–water partition coefficient (Wildman–Crippen LogP) is 1.88. The number of aromatic amines is 2. The first-order chi connectivity index (χ1) is 12.0. The second-order valence-corrected chi connectivity index (χ2v) is 6.45. The molecule has 1 aliphatic rings. The standard InChI is InChI=1S/C18H24N4O3/c1-4-5-14-8-13(9-16(23)19-14)18(24)22-6-7-25-10-15(22)17-11(2)20-21-12(17)3/h8-9,15H,4-7,10H2,1-3H3,(H,19,23)(H,20,21). The summed E-state index contributed by atoms with van der Waals surface area (Å²) >= 11 is 0. The van der Waals surface area contributed by atoms with E-state index in [2.05, 4.69) is 15.2 Å². The van der Waals surface area contributed by atoms with Crippen molar-refractivity contribution in [3.05, 3.63) is 50.7 Å². The summed E-state index contributed by atoms with van der Waals surface area (Å²) in [6.45, 7) is 7.31. The lowest BCUT2D eigenvalue weighted by atomic mass is 10.0. The minimum atomic E-state index is -0.241. The van der Waals surface area contributed by atoms with Crippen LogP contribution in [-0.4, -0.2) is 45.7 Å². The van der Waals surface area contributed by atoms with Gasteiger partial charge in [0.25, 0.3) is 5.91 Å². The van der Waals surface area contributed by atoms with Gasteiger partial charge in [0.2, 0.25) is 5.56 Å². The first-order valence-corrected chi connectivity index (χ1v) is 8.64. The average Bonchev–Trinajstić information content (AvgIpc) is 2.92. The molecule has 134 valence electrons. The van der Waals surface area contributed by atoms with Crippen molar-refractivity contribution >= 4 is 5.91 Å². The Morgan fingerprint density at radius 2 is 2.20 bits per heavy atom. The number of amides is 1. The summed E-state index contributed by atoms with van der Waals surface area (Å²) in [5, 5.41) is 7.21. The number of hydrogen-bond acceptors (Lipinski definition) is 4. The van der Waals surface area contributed by atoms with E-state index in [0.29, 0.717) is 25.3 Å². The van der Waals surface area contributed by atoms with Gasteiger partial charge in [-0.3, -0.25) is 14.7 Å². The molecule has 7 nitrogen and oxygen atoms in total. The second kappa shape index (κ2) is 7.23. The maximum absolute atomic E-state index is 13.1. The van der Waals surface area contributed by atoms with Crippen molar-refractivity contribution in [1.82, 2.24) is 20.1 Å². The van der Waals surface area contributed by atoms with E-state index >= 15 is 0 Å². The highest BCUT2D eigenvalue weighted by molar-refractivity contribution is 5.94. The Labute approximate surface area is 146 Å². The van der Waals surface area contributed by atoms with Crippen LogP contribution in [0.5, 0.6) is 0 Å². The number of hydrogen-bond donors (Lipinski definition) is 2. The third-order valence-electron chi connectivity index (χ3n) is 4.57. The minimum absolute atomic E-state index is 0.142.